The number of carbonyl (C=O) groups is 1. The van der Waals surface area contributed by atoms with Gasteiger partial charge >= 0.3 is 5.97 Å². The van der Waals surface area contributed by atoms with Crippen LogP contribution in [0.2, 0.25) is 18.1 Å². The summed E-state index contributed by atoms with van der Waals surface area (Å²) in [5, 5.41) is 9.60. The maximum Gasteiger partial charge on any atom is 0.312 e. The lowest BCUT2D eigenvalue weighted by atomic mass is 9.84. The first kappa shape index (κ1) is 24.7. The molecule has 1 aromatic rings. The molecule has 7 nitrogen and oxygen atoms in total. The van der Waals surface area contributed by atoms with Gasteiger partial charge in [-0.15, -0.1) is 0 Å². The van der Waals surface area contributed by atoms with Crippen LogP contribution in [0.25, 0.3) is 0 Å². The van der Waals surface area contributed by atoms with Crippen molar-refractivity contribution in [3.63, 3.8) is 0 Å². The Labute approximate surface area is 169 Å². The number of nitrogens with zero attached hydrogens (tertiary/aromatic N) is 1. The molecule has 28 heavy (non-hydrogen) atoms. The topological polar surface area (TPSA) is 103 Å². The Balaban J connectivity index is 2.95. The predicted octanol–water partition coefficient (Wildman–Crippen LogP) is 3.77. The minimum atomic E-state index is -3.86. The molecule has 0 amide bonds. The molecule has 0 saturated heterocycles. The van der Waals surface area contributed by atoms with Crippen molar-refractivity contribution in [2.75, 3.05) is 12.9 Å². The summed E-state index contributed by atoms with van der Waals surface area (Å²) in [4.78, 5) is 15.9. The molecular formula is C19H33NO6SSi. The summed E-state index contributed by atoms with van der Waals surface area (Å²) >= 11 is 0. The molecule has 160 valence electrons. The van der Waals surface area contributed by atoms with Crippen molar-refractivity contribution in [3.8, 4) is 0 Å². The molecule has 0 spiro atoms. The van der Waals surface area contributed by atoms with Gasteiger partial charge in [-0.1, -0.05) is 26.8 Å². The van der Waals surface area contributed by atoms with Gasteiger partial charge in [0, 0.05) is 12.8 Å². The van der Waals surface area contributed by atoms with Gasteiger partial charge in [0.05, 0.1) is 17.4 Å². The summed E-state index contributed by atoms with van der Waals surface area (Å²) in [6, 6.07) is 3.41. The number of aliphatic carboxylic acids is 1. The summed E-state index contributed by atoms with van der Waals surface area (Å²) in [6.07, 6.45) is 1.95. The van der Waals surface area contributed by atoms with E-state index < -0.39 is 35.9 Å². The number of aromatic nitrogens is 1. The maximum atomic E-state index is 11.6. The number of carboxylic acid groups (broad SMARTS) is 1. The molecule has 1 rings (SSSR count). The van der Waals surface area contributed by atoms with Gasteiger partial charge < -0.3 is 9.53 Å². The Morgan fingerprint density at radius 3 is 2.18 bits per heavy atom. The summed E-state index contributed by atoms with van der Waals surface area (Å²) in [7, 11) is -5.69. The monoisotopic (exact) mass is 431 g/mol. The van der Waals surface area contributed by atoms with Crippen LogP contribution in [0.15, 0.2) is 18.3 Å². The summed E-state index contributed by atoms with van der Waals surface area (Å²) in [5.74, 6) is -1.17. The first-order chi connectivity index (χ1) is 12.5. The zero-order valence-corrected chi connectivity index (χ0v) is 19.9. The zero-order chi connectivity index (χ0) is 22.0. The molecule has 0 radical (unpaired) electrons. The van der Waals surface area contributed by atoms with Crippen LogP contribution in [0, 0.1) is 5.41 Å². The third-order valence-electron chi connectivity index (χ3n) is 5.25. The van der Waals surface area contributed by atoms with Gasteiger partial charge in [0.25, 0.3) is 10.1 Å². The molecule has 1 N–H and O–H groups in total. The van der Waals surface area contributed by atoms with Crippen LogP contribution >= 0.6 is 0 Å². The van der Waals surface area contributed by atoms with Crippen LogP contribution in [0.4, 0.5) is 0 Å². The fourth-order valence-electron chi connectivity index (χ4n) is 2.21. The van der Waals surface area contributed by atoms with E-state index in [2.05, 4.69) is 38.8 Å². The van der Waals surface area contributed by atoms with Gasteiger partial charge in [0.1, 0.15) is 6.10 Å². The second kappa shape index (κ2) is 8.60. The van der Waals surface area contributed by atoms with Crippen molar-refractivity contribution in [1.82, 2.24) is 4.98 Å². The molecule has 1 aromatic heterocycles. The lowest BCUT2D eigenvalue weighted by molar-refractivity contribution is -0.152. The molecule has 0 aliphatic heterocycles. The second-order valence-corrected chi connectivity index (χ2v) is 15.6. The van der Waals surface area contributed by atoms with Crippen molar-refractivity contribution in [1.29, 1.82) is 0 Å². The van der Waals surface area contributed by atoms with E-state index in [0.717, 1.165) is 11.8 Å². The largest absolute Gasteiger partial charge is 0.481 e. The molecule has 1 heterocycles. The van der Waals surface area contributed by atoms with Crippen LogP contribution in [-0.4, -0.2) is 45.7 Å². The number of pyridine rings is 1. The Bertz CT molecular complexity index is 782. The van der Waals surface area contributed by atoms with E-state index in [1.807, 2.05) is 0 Å². The third-order valence-corrected chi connectivity index (χ3v) is 10.3. The second-order valence-electron chi connectivity index (χ2n) is 9.16. The lowest BCUT2D eigenvalue weighted by Crippen LogP contribution is -2.41. The average molecular weight is 432 g/mol. The fraction of sp³-hybridized carbons (Fsp3) is 0.684. The van der Waals surface area contributed by atoms with Crippen molar-refractivity contribution in [2.45, 2.75) is 65.3 Å². The van der Waals surface area contributed by atoms with Crippen LogP contribution in [0.1, 0.15) is 52.0 Å². The zero-order valence-electron chi connectivity index (χ0n) is 18.1. The van der Waals surface area contributed by atoms with Gasteiger partial charge in [-0.25, -0.2) is 0 Å². The molecule has 9 heteroatoms. The van der Waals surface area contributed by atoms with Gasteiger partial charge in [-0.3, -0.25) is 14.0 Å². The van der Waals surface area contributed by atoms with E-state index in [1.165, 1.54) is 13.8 Å². The van der Waals surface area contributed by atoms with E-state index in [-0.39, 0.29) is 10.7 Å². The number of rotatable bonds is 9. The van der Waals surface area contributed by atoms with Crippen molar-refractivity contribution < 1.29 is 26.9 Å². The highest BCUT2D eigenvalue weighted by Gasteiger charge is 2.42. The average Bonchev–Trinajstić information content (AvgIpc) is 2.51. The Morgan fingerprint density at radius 2 is 1.79 bits per heavy atom. The highest BCUT2D eigenvalue weighted by molar-refractivity contribution is 7.86. The lowest BCUT2D eigenvalue weighted by Gasteiger charge is -2.36. The molecular weight excluding hydrogens is 398 g/mol. The summed E-state index contributed by atoms with van der Waals surface area (Å²) in [6.45, 7) is 14.3. The van der Waals surface area contributed by atoms with E-state index in [0.29, 0.717) is 13.0 Å². The molecule has 0 bridgehead atoms. The van der Waals surface area contributed by atoms with Gasteiger partial charge in [0.15, 0.2) is 8.32 Å². The van der Waals surface area contributed by atoms with Gasteiger partial charge in [-0.2, -0.15) is 8.42 Å². The highest BCUT2D eigenvalue weighted by atomic mass is 32.2. The molecule has 0 aliphatic rings. The van der Waals surface area contributed by atoms with Gasteiger partial charge in [-0.05, 0) is 50.0 Å². The Morgan fingerprint density at radius 1 is 1.21 bits per heavy atom. The smallest absolute Gasteiger partial charge is 0.312 e. The molecule has 0 saturated carbocycles. The number of hydrogen-bond acceptors (Lipinski definition) is 6. The molecule has 1 atom stereocenters. The Hall–Kier alpha value is -1.29. The number of carboxylic acids is 1. The van der Waals surface area contributed by atoms with E-state index in [9.17, 15) is 18.3 Å². The first-order valence-corrected chi connectivity index (χ1v) is 13.9. The van der Waals surface area contributed by atoms with E-state index in [4.69, 9.17) is 8.61 Å². The van der Waals surface area contributed by atoms with Gasteiger partial charge in [0.2, 0.25) is 0 Å². The summed E-state index contributed by atoms with van der Waals surface area (Å²) in [5.41, 5.74) is -0.288. The molecule has 0 fully saturated rings. The fourth-order valence-corrected chi connectivity index (χ4v) is 3.94. The molecule has 0 aromatic carbocycles. The van der Waals surface area contributed by atoms with Crippen molar-refractivity contribution in [2.24, 2.45) is 5.41 Å². The van der Waals surface area contributed by atoms with E-state index in [1.54, 1.807) is 18.3 Å². The van der Waals surface area contributed by atoms with Crippen LogP contribution < -0.4 is 0 Å². The molecule has 1 unspecified atom stereocenters. The summed E-state index contributed by atoms with van der Waals surface area (Å²) < 4.78 is 34.4. The first-order valence-electron chi connectivity index (χ1n) is 9.18. The normalized spacial score (nSPS) is 14.7. The standard InChI is InChI=1S/C19H33NO6SSi/c1-18(2,3)28(7,8)25-12-11-14-9-10-15(20-13-14)16(26-27(6,23)24)19(4,5)17(21)22/h9-10,13,16H,11-12H2,1-8H3,(H,21,22). The maximum absolute atomic E-state index is 11.6. The van der Waals surface area contributed by atoms with Crippen molar-refractivity contribution in [3.05, 3.63) is 29.6 Å². The quantitative estimate of drug-likeness (QED) is 0.469. The van der Waals surface area contributed by atoms with Crippen molar-refractivity contribution >= 4 is 24.4 Å². The molecule has 0 aliphatic carbocycles. The minimum absolute atomic E-state index is 0.133. The SMILES string of the molecule is CC(C)(C(=O)O)C(OS(C)(=O)=O)c1ccc(CCO[Si](C)(C)C(C)(C)C)cn1. The predicted molar refractivity (Wildman–Crippen MR) is 111 cm³/mol. The number of hydrogen-bond donors (Lipinski definition) is 1. The minimum Gasteiger partial charge on any atom is -0.481 e. The van der Waals surface area contributed by atoms with Crippen LogP contribution in [0.5, 0.6) is 0 Å². The van der Waals surface area contributed by atoms with Crippen LogP contribution in [0.3, 0.4) is 0 Å². The van der Waals surface area contributed by atoms with E-state index >= 15 is 0 Å². The van der Waals surface area contributed by atoms with Crippen LogP contribution in [-0.2, 0) is 29.9 Å². The third kappa shape index (κ3) is 6.65. The highest BCUT2D eigenvalue weighted by Crippen LogP contribution is 2.38. The Kier molecular flexibility index (Phi) is 7.60.